The number of hydrogen-bond acceptors (Lipinski definition) is 3. The zero-order valence-electron chi connectivity index (χ0n) is 14.1. The Labute approximate surface area is 142 Å². The number of carbonyl (C=O) groups is 3. The van der Waals surface area contributed by atoms with Crippen LogP contribution in [0.4, 0.5) is 0 Å². The molecule has 0 atom stereocenters. The molecule has 0 spiro atoms. The molecule has 5 heteroatoms. The first-order valence-electron chi connectivity index (χ1n) is 8.76. The molecule has 2 aliphatic rings. The molecule has 24 heavy (non-hydrogen) atoms. The summed E-state index contributed by atoms with van der Waals surface area (Å²) in [6.45, 7) is 2.55. The molecule has 1 saturated carbocycles. The molecule has 1 aliphatic heterocycles. The molecule has 3 rings (SSSR count). The van der Waals surface area contributed by atoms with Crippen LogP contribution in [0, 0.1) is 5.92 Å². The Kier molecular flexibility index (Phi) is 4.97. The van der Waals surface area contributed by atoms with E-state index in [1.54, 1.807) is 12.1 Å². The second-order valence-corrected chi connectivity index (χ2v) is 7.00. The minimum atomic E-state index is -0.117. The van der Waals surface area contributed by atoms with E-state index in [2.05, 4.69) is 12.2 Å². The maximum atomic E-state index is 12.3. The largest absolute Gasteiger partial charge is 0.349 e. The van der Waals surface area contributed by atoms with Crippen LogP contribution in [-0.4, -0.2) is 28.7 Å². The van der Waals surface area contributed by atoms with Crippen molar-refractivity contribution in [1.82, 2.24) is 10.2 Å². The maximum absolute atomic E-state index is 12.3. The SMILES string of the molecule is CC1CCC(NC(=O)c2ccc(CN3C(=O)CCC3=O)cc2)CC1. The lowest BCUT2D eigenvalue weighted by Gasteiger charge is -2.26. The van der Waals surface area contributed by atoms with Gasteiger partial charge in [-0.05, 0) is 49.3 Å². The minimum Gasteiger partial charge on any atom is -0.349 e. The average Bonchev–Trinajstić information content (AvgIpc) is 2.89. The second-order valence-electron chi connectivity index (χ2n) is 7.00. The van der Waals surface area contributed by atoms with Gasteiger partial charge in [0.1, 0.15) is 0 Å². The third kappa shape index (κ3) is 3.83. The quantitative estimate of drug-likeness (QED) is 0.864. The lowest BCUT2D eigenvalue weighted by molar-refractivity contribution is -0.139. The van der Waals surface area contributed by atoms with Crippen molar-refractivity contribution in [2.45, 2.75) is 58.0 Å². The standard InChI is InChI=1S/C19H24N2O3/c1-13-2-8-16(9-3-13)20-19(24)15-6-4-14(5-7-15)12-21-17(22)10-11-18(21)23/h4-7,13,16H,2-3,8-12H2,1H3,(H,20,24). The molecule has 1 aliphatic carbocycles. The van der Waals surface area contributed by atoms with Crippen LogP contribution in [0.5, 0.6) is 0 Å². The fourth-order valence-corrected chi connectivity index (χ4v) is 3.42. The number of amides is 3. The summed E-state index contributed by atoms with van der Waals surface area (Å²) in [4.78, 5) is 36.9. The Morgan fingerprint density at radius 1 is 1.04 bits per heavy atom. The van der Waals surface area contributed by atoms with Crippen molar-refractivity contribution in [1.29, 1.82) is 0 Å². The van der Waals surface area contributed by atoms with Gasteiger partial charge in [-0.2, -0.15) is 0 Å². The highest BCUT2D eigenvalue weighted by atomic mass is 16.2. The van der Waals surface area contributed by atoms with Crippen molar-refractivity contribution in [2.24, 2.45) is 5.92 Å². The van der Waals surface area contributed by atoms with Crippen LogP contribution >= 0.6 is 0 Å². The van der Waals surface area contributed by atoms with Gasteiger partial charge in [0.2, 0.25) is 11.8 Å². The summed E-state index contributed by atoms with van der Waals surface area (Å²) in [6, 6.07) is 7.43. The van der Waals surface area contributed by atoms with Gasteiger partial charge < -0.3 is 5.32 Å². The first-order chi connectivity index (χ1) is 11.5. The second kappa shape index (κ2) is 7.16. The molecule has 0 aromatic heterocycles. The van der Waals surface area contributed by atoms with E-state index in [1.165, 1.54) is 17.7 Å². The molecule has 1 aromatic carbocycles. The first-order valence-corrected chi connectivity index (χ1v) is 8.76. The maximum Gasteiger partial charge on any atom is 0.251 e. The number of likely N-dealkylation sites (tertiary alicyclic amines) is 1. The molecular weight excluding hydrogens is 304 g/mol. The van der Waals surface area contributed by atoms with E-state index in [0.717, 1.165) is 24.3 Å². The van der Waals surface area contributed by atoms with Crippen LogP contribution in [0.2, 0.25) is 0 Å². The summed E-state index contributed by atoms with van der Waals surface area (Å²) in [5.74, 6) is 0.476. The number of nitrogens with one attached hydrogen (secondary N) is 1. The summed E-state index contributed by atoms with van der Waals surface area (Å²) in [7, 11) is 0. The molecule has 0 bridgehead atoms. The van der Waals surface area contributed by atoms with E-state index < -0.39 is 0 Å². The molecule has 2 fully saturated rings. The Balaban J connectivity index is 1.56. The fourth-order valence-electron chi connectivity index (χ4n) is 3.42. The number of carbonyl (C=O) groups excluding carboxylic acids is 3. The van der Waals surface area contributed by atoms with E-state index in [9.17, 15) is 14.4 Å². The van der Waals surface area contributed by atoms with Crippen LogP contribution in [0.3, 0.4) is 0 Å². The van der Waals surface area contributed by atoms with Gasteiger partial charge >= 0.3 is 0 Å². The van der Waals surface area contributed by atoms with E-state index in [4.69, 9.17) is 0 Å². The Morgan fingerprint density at radius 3 is 2.21 bits per heavy atom. The van der Waals surface area contributed by atoms with Gasteiger partial charge in [-0.3, -0.25) is 19.3 Å². The van der Waals surface area contributed by atoms with Crippen LogP contribution in [0.15, 0.2) is 24.3 Å². The molecule has 1 N–H and O–H groups in total. The Bertz CT molecular complexity index is 615. The summed E-state index contributed by atoms with van der Waals surface area (Å²) >= 11 is 0. The van der Waals surface area contributed by atoms with E-state index in [-0.39, 0.29) is 23.8 Å². The third-order valence-corrected chi connectivity index (χ3v) is 5.06. The number of hydrogen-bond donors (Lipinski definition) is 1. The van der Waals surface area contributed by atoms with Crippen molar-refractivity contribution < 1.29 is 14.4 Å². The normalized spacial score (nSPS) is 24.3. The smallest absolute Gasteiger partial charge is 0.251 e. The Hall–Kier alpha value is -2.17. The van der Waals surface area contributed by atoms with E-state index >= 15 is 0 Å². The van der Waals surface area contributed by atoms with Crippen molar-refractivity contribution in [3.8, 4) is 0 Å². The number of benzene rings is 1. The molecule has 3 amide bonds. The third-order valence-electron chi connectivity index (χ3n) is 5.06. The van der Waals surface area contributed by atoms with E-state index in [1.807, 2.05) is 12.1 Å². The highest BCUT2D eigenvalue weighted by molar-refractivity contribution is 6.01. The van der Waals surface area contributed by atoms with Gasteiger partial charge in [0.05, 0.1) is 6.54 Å². The van der Waals surface area contributed by atoms with Crippen molar-refractivity contribution in [2.75, 3.05) is 0 Å². The van der Waals surface area contributed by atoms with Gasteiger partial charge in [-0.15, -0.1) is 0 Å². The van der Waals surface area contributed by atoms with Gasteiger partial charge in [-0.25, -0.2) is 0 Å². The van der Waals surface area contributed by atoms with Crippen LogP contribution in [0.1, 0.15) is 61.4 Å². The average molecular weight is 328 g/mol. The molecule has 0 radical (unpaired) electrons. The van der Waals surface area contributed by atoms with Crippen molar-refractivity contribution in [3.63, 3.8) is 0 Å². The van der Waals surface area contributed by atoms with Crippen LogP contribution in [0.25, 0.3) is 0 Å². The minimum absolute atomic E-state index is 0.0468. The molecule has 0 unspecified atom stereocenters. The Morgan fingerprint density at radius 2 is 1.62 bits per heavy atom. The fraction of sp³-hybridized carbons (Fsp3) is 0.526. The molecule has 1 heterocycles. The van der Waals surface area contributed by atoms with Crippen LogP contribution < -0.4 is 5.32 Å². The molecular formula is C19H24N2O3. The first kappa shape index (κ1) is 16.7. The zero-order valence-corrected chi connectivity index (χ0v) is 14.1. The zero-order chi connectivity index (χ0) is 17.1. The number of imide groups is 1. The predicted molar refractivity (Wildman–Crippen MR) is 90.1 cm³/mol. The number of rotatable bonds is 4. The lowest BCUT2D eigenvalue weighted by atomic mass is 9.87. The molecule has 5 nitrogen and oxygen atoms in total. The summed E-state index contributed by atoms with van der Waals surface area (Å²) in [6.07, 6.45) is 5.04. The molecule has 1 aromatic rings. The highest BCUT2D eigenvalue weighted by Crippen LogP contribution is 2.23. The van der Waals surface area contributed by atoms with Gasteiger partial charge in [0, 0.05) is 24.4 Å². The molecule has 1 saturated heterocycles. The summed E-state index contributed by atoms with van der Waals surface area (Å²) in [5, 5.41) is 3.10. The highest BCUT2D eigenvalue weighted by Gasteiger charge is 2.28. The van der Waals surface area contributed by atoms with Gasteiger partial charge in [0.25, 0.3) is 5.91 Å². The monoisotopic (exact) mass is 328 g/mol. The van der Waals surface area contributed by atoms with Gasteiger partial charge in [0.15, 0.2) is 0 Å². The predicted octanol–water partition coefficient (Wildman–Crippen LogP) is 2.64. The summed E-state index contributed by atoms with van der Waals surface area (Å²) in [5.41, 5.74) is 1.48. The lowest BCUT2D eigenvalue weighted by Crippen LogP contribution is -2.37. The van der Waals surface area contributed by atoms with Crippen LogP contribution in [-0.2, 0) is 16.1 Å². The molecule has 128 valence electrons. The topological polar surface area (TPSA) is 66.5 Å². The van der Waals surface area contributed by atoms with Crippen molar-refractivity contribution in [3.05, 3.63) is 35.4 Å². The number of nitrogens with zero attached hydrogens (tertiary/aromatic N) is 1. The van der Waals surface area contributed by atoms with Crippen molar-refractivity contribution >= 4 is 17.7 Å². The van der Waals surface area contributed by atoms with E-state index in [0.29, 0.717) is 24.9 Å². The van der Waals surface area contributed by atoms with Gasteiger partial charge in [-0.1, -0.05) is 19.1 Å². The summed E-state index contributed by atoms with van der Waals surface area (Å²) < 4.78 is 0.